The number of nitrogens with zero attached hydrogens (tertiary/aromatic N) is 1. The van der Waals surface area contributed by atoms with Gasteiger partial charge in [-0.25, -0.2) is 9.59 Å². The number of hydrogen-bond acceptors (Lipinski definition) is 4. The standard InChI is InChI=1S/C9H14N4O4/c1-2-17-5(14)3-4-13-7-6(11-9(13)16)10-8(15)12-7/h6-7H,2-4H2,1H3,(H,11,16)(H2,10,12,15)/t6-,7-/m1/s1. The highest BCUT2D eigenvalue weighted by Crippen LogP contribution is 2.14. The Kier molecular flexibility index (Phi) is 3.03. The molecular weight excluding hydrogens is 228 g/mol. The number of hydrogen-bond donors (Lipinski definition) is 3. The summed E-state index contributed by atoms with van der Waals surface area (Å²) < 4.78 is 4.77. The maximum Gasteiger partial charge on any atom is 0.320 e. The van der Waals surface area contributed by atoms with Gasteiger partial charge < -0.3 is 20.7 Å². The molecule has 0 aromatic heterocycles. The van der Waals surface area contributed by atoms with Crippen LogP contribution in [0.15, 0.2) is 0 Å². The molecule has 17 heavy (non-hydrogen) atoms. The minimum absolute atomic E-state index is 0.111. The van der Waals surface area contributed by atoms with E-state index < -0.39 is 12.3 Å². The molecule has 0 unspecified atom stereocenters. The molecule has 8 nitrogen and oxygen atoms in total. The number of fused-ring (bicyclic) bond motifs is 1. The summed E-state index contributed by atoms with van der Waals surface area (Å²) in [5.41, 5.74) is 0. The second-order valence-electron chi connectivity index (χ2n) is 3.74. The van der Waals surface area contributed by atoms with E-state index in [1.54, 1.807) is 6.92 Å². The second kappa shape index (κ2) is 4.48. The fourth-order valence-electron chi connectivity index (χ4n) is 1.88. The van der Waals surface area contributed by atoms with E-state index in [0.29, 0.717) is 6.61 Å². The summed E-state index contributed by atoms with van der Waals surface area (Å²) in [5, 5.41) is 7.73. The van der Waals surface area contributed by atoms with Crippen LogP contribution in [0.25, 0.3) is 0 Å². The van der Waals surface area contributed by atoms with Crippen LogP contribution in [0.1, 0.15) is 13.3 Å². The normalized spacial score (nSPS) is 26.1. The third kappa shape index (κ3) is 2.24. The number of urea groups is 2. The van der Waals surface area contributed by atoms with Gasteiger partial charge >= 0.3 is 18.0 Å². The van der Waals surface area contributed by atoms with Gasteiger partial charge in [-0.2, -0.15) is 0 Å². The number of esters is 1. The van der Waals surface area contributed by atoms with Gasteiger partial charge in [0.1, 0.15) is 12.3 Å². The van der Waals surface area contributed by atoms with Crippen molar-refractivity contribution in [2.45, 2.75) is 25.7 Å². The molecule has 2 atom stereocenters. The lowest BCUT2D eigenvalue weighted by atomic mass is 10.3. The summed E-state index contributed by atoms with van der Waals surface area (Å²) in [7, 11) is 0. The first-order valence-electron chi connectivity index (χ1n) is 5.41. The van der Waals surface area contributed by atoms with E-state index in [0.717, 1.165) is 0 Å². The van der Waals surface area contributed by atoms with Crippen molar-refractivity contribution in [2.75, 3.05) is 13.2 Å². The Morgan fingerprint density at radius 2 is 2.12 bits per heavy atom. The second-order valence-corrected chi connectivity index (χ2v) is 3.74. The van der Waals surface area contributed by atoms with Gasteiger partial charge in [0.2, 0.25) is 0 Å². The van der Waals surface area contributed by atoms with Crippen LogP contribution in [0.5, 0.6) is 0 Å². The summed E-state index contributed by atoms with van der Waals surface area (Å²) in [6.07, 6.45) is -0.762. The highest BCUT2D eigenvalue weighted by molar-refractivity contribution is 5.85. The minimum Gasteiger partial charge on any atom is -0.466 e. The van der Waals surface area contributed by atoms with E-state index in [-0.39, 0.29) is 31.0 Å². The van der Waals surface area contributed by atoms with Crippen molar-refractivity contribution in [3.63, 3.8) is 0 Å². The van der Waals surface area contributed by atoms with Gasteiger partial charge in [0.25, 0.3) is 0 Å². The van der Waals surface area contributed by atoms with Crippen LogP contribution >= 0.6 is 0 Å². The fourth-order valence-corrected chi connectivity index (χ4v) is 1.88. The summed E-state index contributed by atoms with van der Waals surface area (Å²) in [5.74, 6) is -0.360. The van der Waals surface area contributed by atoms with Crippen molar-refractivity contribution < 1.29 is 19.1 Å². The van der Waals surface area contributed by atoms with E-state index in [1.807, 2.05) is 0 Å². The quantitative estimate of drug-likeness (QED) is 0.546. The van der Waals surface area contributed by atoms with Gasteiger partial charge in [0.15, 0.2) is 0 Å². The van der Waals surface area contributed by atoms with Crippen LogP contribution in [-0.2, 0) is 9.53 Å². The maximum absolute atomic E-state index is 11.5. The molecule has 3 N–H and O–H groups in total. The van der Waals surface area contributed by atoms with Gasteiger partial charge in [0.05, 0.1) is 13.0 Å². The molecule has 8 heteroatoms. The zero-order valence-corrected chi connectivity index (χ0v) is 9.36. The smallest absolute Gasteiger partial charge is 0.320 e. The summed E-state index contributed by atoms with van der Waals surface area (Å²) in [6, 6.07) is -0.641. The molecule has 2 aliphatic heterocycles. The Morgan fingerprint density at radius 3 is 2.82 bits per heavy atom. The Balaban J connectivity index is 1.89. The van der Waals surface area contributed by atoms with Crippen molar-refractivity contribution in [2.24, 2.45) is 0 Å². The average Bonchev–Trinajstić information content (AvgIpc) is 2.71. The van der Waals surface area contributed by atoms with Crippen LogP contribution < -0.4 is 16.0 Å². The van der Waals surface area contributed by atoms with Crippen molar-refractivity contribution in [3.8, 4) is 0 Å². The molecule has 0 aromatic rings. The van der Waals surface area contributed by atoms with Gasteiger partial charge in [-0.15, -0.1) is 0 Å². The highest BCUT2D eigenvalue weighted by Gasteiger charge is 2.45. The van der Waals surface area contributed by atoms with Gasteiger partial charge in [0, 0.05) is 6.54 Å². The average molecular weight is 242 g/mol. The molecule has 0 aliphatic carbocycles. The largest absolute Gasteiger partial charge is 0.466 e. The van der Waals surface area contributed by atoms with Crippen LogP contribution in [0.4, 0.5) is 9.59 Å². The van der Waals surface area contributed by atoms with E-state index in [4.69, 9.17) is 4.74 Å². The summed E-state index contributed by atoms with van der Waals surface area (Å²) >= 11 is 0. The molecule has 0 bridgehead atoms. The third-order valence-electron chi connectivity index (χ3n) is 2.62. The first-order valence-corrected chi connectivity index (χ1v) is 5.41. The third-order valence-corrected chi connectivity index (χ3v) is 2.62. The number of amides is 4. The first kappa shape index (κ1) is 11.5. The topological polar surface area (TPSA) is 99.8 Å². The Morgan fingerprint density at radius 1 is 1.35 bits per heavy atom. The number of ether oxygens (including phenoxy) is 1. The minimum atomic E-state index is -0.440. The molecular formula is C9H14N4O4. The predicted octanol–water partition coefficient (Wildman–Crippen LogP) is -1.07. The predicted molar refractivity (Wildman–Crippen MR) is 55.7 cm³/mol. The molecule has 2 heterocycles. The zero-order valence-electron chi connectivity index (χ0n) is 9.36. The molecule has 2 aliphatic rings. The van der Waals surface area contributed by atoms with Crippen LogP contribution in [-0.4, -0.2) is 48.4 Å². The Hall–Kier alpha value is -1.99. The lowest BCUT2D eigenvalue weighted by molar-refractivity contribution is -0.143. The molecule has 0 aromatic carbocycles. The molecule has 4 amide bonds. The number of rotatable bonds is 4. The van der Waals surface area contributed by atoms with Gasteiger partial charge in [-0.3, -0.25) is 9.69 Å². The van der Waals surface area contributed by atoms with E-state index in [2.05, 4.69) is 16.0 Å². The number of carbonyl (C=O) groups is 3. The van der Waals surface area contributed by atoms with Gasteiger partial charge in [-0.1, -0.05) is 0 Å². The van der Waals surface area contributed by atoms with E-state index >= 15 is 0 Å². The molecule has 2 saturated heterocycles. The Labute approximate surface area is 97.7 Å². The fraction of sp³-hybridized carbons (Fsp3) is 0.667. The lowest BCUT2D eigenvalue weighted by Gasteiger charge is -2.20. The highest BCUT2D eigenvalue weighted by atomic mass is 16.5. The zero-order chi connectivity index (χ0) is 12.4. The molecule has 0 spiro atoms. The molecule has 2 fully saturated rings. The van der Waals surface area contributed by atoms with E-state index in [1.165, 1.54) is 4.90 Å². The molecule has 0 saturated carbocycles. The first-order chi connectivity index (χ1) is 8.11. The summed E-state index contributed by atoms with van der Waals surface area (Å²) in [4.78, 5) is 35.2. The monoisotopic (exact) mass is 242 g/mol. The molecule has 0 radical (unpaired) electrons. The lowest BCUT2D eigenvalue weighted by Crippen LogP contribution is -2.44. The Bertz CT molecular complexity index is 359. The van der Waals surface area contributed by atoms with Crippen molar-refractivity contribution in [1.82, 2.24) is 20.9 Å². The summed E-state index contributed by atoms with van der Waals surface area (Å²) in [6.45, 7) is 2.25. The van der Waals surface area contributed by atoms with E-state index in [9.17, 15) is 14.4 Å². The maximum atomic E-state index is 11.5. The van der Waals surface area contributed by atoms with Gasteiger partial charge in [-0.05, 0) is 6.92 Å². The number of carbonyl (C=O) groups excluding carboxylic acids is 3. The van der Waals surface area contributed by atoms with Crippen molar-refractivity contribution in [3.05, 3.63) is 0 Å². The van der Waals surface area contributed by atoms with Crippen molar-refractivity contribution in [1.29, 1.82) is 0 Å². The number of nitrogens with one attached hydrogen (secondary N) is 3. The van der Waals surface area contributed by atoms with Crippen LogP contribution in [0, 0.1) is 0 Å². The van der Waals surface area contributed by atoms with Crippen LogP contribution in [0.2, 0.25) is 0 Å². The van der Waals surface area contributed by atoms with Crippen molar-refractivity contribution >= 4 is 18.0 Å². The molecule has 2 rings (SSSR count). The van der Waals surface area contributed by atoms with Crippen LogP contribution in [0.3, 0.4) is 0 Å². The molecule has 94 valence electrons. The SMILES string of the molecule is CCOC(=O)CCN1C(=O)N[C@H]2NC(=O)N[C@@H]21.